The van der Waals surface area contributed by atoms with Crippen LogP contribution >= 0.6 is 0 Å². The lowest BCUT2D eigenvalue weighted by Crippen LogP contribution is -2.41. The quantitative estimate of drug-likeness (QED) is 0.510. The van der Waals surface area contributed by atoms with Gasteiger partial charge in [-0.1, -0.05) is 24.8 Å². The Balaban J connectivity index is 1.82. The molecule has 86 valence electrons. The third-order valence-electron chi connectivity index (χ3n) is 3.62. The fraction of sp³-hybridized carbons (Fsp3) is 0.846. The van der Waals surface area contributed by atoms with E-state index in [4.69, 9.17) is 9.78 Å². The van der Waals surface area contributed by atoms with Gasteiger partial charge < -0.3 is 0 Å². The van der Waals surface area contributed by atoms with E-state index in [1.807, 2.05) is 6.92 Å². The molecule has 1 atom stereocenters. The number of rotatable bonds is 2. The fourth-order valence-corrected chi connectivity index (χ4v) is 2.74. The molecule has 0 aromatic heterocycles. The van der Waals surface area contributed by atoms with Crippen molar-refractivity contribution in [2.24, 2.45) is 0 Å². The Morgan fingerprint density at radius 1 is 1.27 bits per heavy atom. The van der Waals surface area contributed by atoms with Crippen molar-refractivity contribution >= 4 is 0 Å². The Morgan fingerprint density at radius 2 is 2.00 bits per heavy atom. The van der Waals surface area contributed by atoms with E-state index in [2.05, 4.69) is 6.58 Å². The Labute approximate surface area is 92.6 Å². The van der Waals surface area contributed by atoms with Gasteiger partial charge in [-0.05, 0) is 39.0 Å². The van der Waals surface area contributed by atoms with Crippen LogP contribution in [-0.2, 0) is 9.78 Å². The van der Waals surface area contributed by atoms with Crippen LogP contribution in [0.15, 0.2) is 12.2 Å². The maximum absolute atomic E-state index is 5.68. The molecule has 0 N–H and O–H groups in total. The summed E-state index contributed by atoms with van der Waals surface area (Å²) >= 11 is 0. The Bertz CT molecular complexity index is 219. The molecule has 0 bridgehead atoms. The van der Waals surface area contributed by atoms with E-state index < -0.39 is 0 Å². The Morgan fingerprint density at radius 3 is 2.53 bits per heavy atom. The minimum atomic E-state index is 0.0732. The molecule has 0 aromatic carbocycles. The topological polar surface area (TPSA) is 18.5 Å². The van der Waals surface area contributed by atoms with Crippen molar-refractivity contribution < 1.29 is 9.78 Å². The molecule has 1 saturated heterocycles. The highest BCUT2D eigenvalue weighted by atomic mass is 17.2. The van der Waals surface area contributed by atoms with Gasteiger partial charge in [0, 0.05) is 0 Å². The first-order valence-electron chi connectivity index (χ1n) is 6.19. The van der Waals surface area contributed by atoms with Crippen LogP contribution in [0.25, 0.3) is 0 Å². The molecule has 1 unspecified atom stereocenters. The molecule has 1 spiro atoms. The van der Waals surface area contributed by atoms with Crippen molar-refractivity contribution in [2.45, 2.75) is 70.0 Å². The summed E-state index contributed by atoms with van der Waals surface area (Å²) in [5, 5.41) is 0. The molecule has 1 heterocycles. The molecule has 2 fully saturated rings. The van der Waals surface area contributed by atoms with Crippen LogP contribution in [0, 0.1) is 0 Å². The highest BCUT2D eigenvalue weighted by molar-refractivity contribution is 4.93. The number of hydrogen-bond donors (Lipinski definition) is 0. The maximum atomic E-state index is 5.68. The zero-order valence-corrected chi connectivity index (χ0v) is 9.76. The molecular weight excluding hydrogens is 188 g/mol. The Kier molecular flexibility index (Phi) is 3.47. The summed E-state index contributed by atoms with van der Waals surface area (Å²) in [7, 11) is 0. The van der Waals surface area contributed by atoms with Crippen LogP contribution in [0.4, 0.5) is 0 Å². The van der Waals surface area contributed by atoms with Crippen molar-refractivity contribution in [3.8, 4) is 0 Å². The van der Waals surface area contributed by atoms with E-state index in [1.165, 1.54) is 44.1 Å². The van der Waals surface area contributed by atoms with Gasteiger partial charge in [-0.15, -0.1) is 6.58 Å². The summed E-state index contributed by atoms with van der Waals surface area (Å²) in [5.41, 5.74) is 1.26. The van der Waals surface area contributed by atoms with Crippen LogP contribution in [0.2, 0.25) is 0 Å². The van der Waals surface area contributed by atoms with Crippen molar-refractivity contribution in [2.75, 3.05) is 0 Å². The lowest BCUT2D eigenvalue weighted by Gasteiger charge is -2.41. The van der Waals surface area contributed by atoms with Gasteiger partial charge in [-0.2, -0.15) is 0 Å². The third kappa shape index (κ3) is 2.82. The van der Waals surface area contributed by atoms with Crippen molar-refractivity contribution in [3.63, 3.8) is 0 Å². The molecule has 0 aromatic rings. The normalized spacial score (nSPS) is 30.3. The monoisotopic (exact) mass is 210 g/mol. The first-order valence-corrected chi connectivity index (χ1v) is 6.19. The van der Waals surface area contributed by atoms with Crippen LogP contribution < -0.4 is 0 Å². The first-order chi connectivity index (χ1) is 7.20. The molecule has 1 aliphatic carbocycles. The fourth-order valence-electron chi connectivity index (χ4n) is 2.74. The Hall–Kier alpha value is -0.340. The summed E-state index contributed by atoms with van der Waals surface area (Å²) in [5.74, 6) is 0. The lowest BCUT2D eigenvalue weighted by molar-refractivity contribution is -0.413. The average Bonchev–Trinajstić information content (AvgIpc) is 2.23. The van der Waals surface area contributed by atoms with Crippen molar-refractivity contribution in [3.05, 3.63) is 12.2 Å². The zero-order chi connectivity index (χ0) is 10.7. The van der Waals surface area contributed by atoms with Gasteiger partial charge in [-0.3, -0.25) is 0 Å². The molecule has 0 amide bonds. The molecular formula is C13H22O2. The second-order valence-corrected chi connectivity index (χ2v) is 5.25. The van der Waals surface area contributed by atoms with E-state index in [-0.39, 0.29) is 11.7 Å². The third-order valence-corrected chi connectivity index (χ3v) is 3.62. The van der Waals surface area contributed by atoms with Gasteiger partial charge in [-0.25, -0.2) is 9.78 Å². The summed E-state index contributed by atoms with van der Waals surface area (Å²) in [6, 6.07) is 0. The molecule has 1 aliphatic heterocycles. The molecule has 0 radical (unpaired) electrons. The van der Waals surface area contributed by atoms with Gasteiger partial charge in [0.1, 0.15) is 5.60 Å². The van der Waals surface area contributed by atoms with Crippen LogP contribution in [0.1, 0.15) is 58.3 Å². The molecule has 2 nitrogen and oxygen atoms in total. The molecule has 1 saturated carbocycles. The summed E-state index contributed by atoms with van der Waals surface area (Å²) < 4.78 is 0. The van der Waals surface area contributed by atoms with Crippen molar-refractivity contribution in [1.29, 1.82) is 0 Å². The summed E-state index contributed by atoms with van der Waals surface area (Å²) in [4.78, 5) is 11.2. The molecule has 15 heavy (non-hydrogen) atoms. The average molecular weight is 210 g/mol. The van der Waals surface area contributed by atoms with Gasteiger partial charge in [0.05, 0.1) is 6.10 Å². The SMILES string of the molecule is C=C(C)CC1CCC2(CCCCC2)OO1. The molecule has 2 aliphatic rings. The van der Waals surface area contributed by atoms with E-state index in [9.17, 15) is 0 Å². The van der Waals surface area contributed by atoms with Crippen LogP contribution in [-0.4, -0.2) is 11.7 Å². The van der Waals surface area contributed by atoms with Crippen LogP contribution in [0.5, 0.6) is 0 Å². The smallest absolute Gasteiger partial charge is 0.104 e. The highest BCUT2D eigenvalue weighted by Gasteiger charge is 2.38. The minimum absolute atomic E-state index is 0.0732. The van der Waals surface area contributed by atoms with E-state index >= 15 is 0 Å². The van der Waals surface area contributed by atoms with E-state index in [0.717, 1.165) is 12.8 Å². The standard InChI is InChI=1S/C13H22O2/c1-11(2)10-12-6-9-13(15-14-12)7-4-3-5-8-13/h12H,1,3-10H2,2H3. The van der Waals surface area contributed by atoms with Gasteiger partial charge in [0.25, 0.3) is 0 Å². The minimum Gasteiger partial charge on any atom is -0.232 e. The van der Waals surface area contributed by atoms with Gasteiger partial charge in [0.15, 0.2) is 0 Å². The van der Waals surface area contributed by atoms with Gasteiger partial charge in [0.2, 0.25) is 0 Å². The predicted molar refractivity (Wildman–Crippen MR) is 60.4 cm³/mol. The predicted octanol–water partition coefficient (Wildman–Crippen LogP) is 3.77. The lowest BCUT2D eigenvalue weighted by atomic mass is 9.80. The second-order valence-electron chi connectivity index (χ2n) is 5.25. The largest absolute Gasteiger partial charge is 0.232 e. The van der Waals surface area contributed by atoms with Crippen molar-refractivity contribution in [1.82, 2.24) is 0 Å². The summed E-state index contributed by atoms with van der Waals surface area (Å²) in [6.07, 6.45) is 9.83. The van der Waals surface area contributed by atoms with E-state index in [1.54, 1.807) is 0 Å². The first kappa shape index (κ1) is 11.2. The molecule has 2 heteroatoms. The zero-order valence-electron chi connectivity index (χ0n) is 9.76. The van der Waals surface area contributed by atoms with Gasteiger partial charge >= 0.3 is 0 Å². The maximum Gasteiger partial charge on any atom is 0.104 e. The summed E-state index contributed by atoms with van der Waals surface area (Å²) in [6.45, 7) is 5.97. The highest BCUT2D eigenvalue weighted by Crippen LogP contribution is 2.40. The second kappa shape index (κ2) is 4.67. The number of hydrogen-bond acceptors (Lipinski definition) is 2. The molecule has 2 rings (SSSR count). The van der Waals surface area contributed by atoms with E-state index in [0.29, 0.717) is 0 Å². The van der Waals surface area contributed by atoms with Crippen LogP contribution in [0.3, 0.4) is 0 Å².